The van der Waals surface area contributed by atoms with Gasteiger partial charge < -0.3 is 4.74 Å². The van der Waals surface area contributed by atoms with Crippen LogP contribution < -0.4 is 0 Å². The lowest BCUT2D eigenvalue weighted by molar-refractivity contribution is -0.216. The lowest BCUT2D eigenvalue weighted by Gasteiger charge is -2.17. The molecule has 0 rings (SSSR count). The molecule has 0 unspecified atom stereocenters. The minimum atomic E-state index is -4.23. The fourth-order valence-electron chi connectivity index (χ4n) is 0.431. The molecule has 0 saturated heterocycles. The normalized spacial score (nSPS) is 15.5. The molecule has 0 heterocycles. The molecule has 0 radical (unpaired) electrons. The van der Waals surface area contributed by atoms with Gasteiger partial charge >= 0.3 is 6.18 Å². The van der Waals surface area contributed by atoms with E-state index in [9.17, 15) is 13.2 Å². The molecule has 11 heavy (non-hydrogen) atoms. The van der Waals surface area contributed by atoms with Crippen LogP contribution >= 0.6 is 0 Å². The summed E-state index contributed by atoms with van der Waals surface area (Å²) in [6.07, 6.45) is -5.88. The van der Waals surface area contributed by atoms with Crippen LogP contribution in [0.15, 0.2) is 0 Å². The molecule has 68 valence electrons. The van der Waals surface area contributed by atoms with Gasteiger partial charge in [-0.1, -0.05) is 13.8 Å². The summed E-state index contributed by atoms with van der Waals surface area (Å²) in [6, 6.07) is 0. The number of alkyl halides is 3. The molecule has 0 aliphatic heterocycles. The summed E-state index contributed by atoms with van der Waals surface area (Å²) in [7, 11) is 0. The number of hydrogen-bond donors (Lipinski definition) is 0. The molecule has 0 spiro atoms. The maximum Gasteiger partial charge on any atom is 0.414 e. The van der Waals surface area contributed by atoms with E-state index in [-0.39, 0.29) is 12.5 Å². The Hall–Kier alpha value is -0.250. The van der Waals surface area contributed by atoms with Crippen LogP contribution in [0, 0.1) is 5.92 Å². The molecule has 4 heteroatoms. The number of hydrogen-bond acceptors (Lipinski definition) is 1. The molecule has 0 aliphatic carbocycles. The summed E-state index contributed by atoms with van der Waals surface area (Å²) in [5.41, 5.74) is 0. The Morgan fingerprint density at radius 1 is 1.18 bits per heavy atom. The van der Waals surface area contributed by atoms with Gasteiger partial charge in [0.1, 0.15) is 0 Å². The van der Waals surface area contributed by atoms with E-state index in [0.717, 1.165) is 6.92 Å². The predicted molar refractivity (Wildman–Crippen MR) is 36.3 cm³/mol. The molecular formula is C7H13F3O. The zero-order chi connectivity index (χ0) is 9.07. The van der Waals surface area contributed by atoms with E-state index in [1.807, 2.05) is 13.8 Å². The Labute approximate surface area is 64.5 Å². The third kappa shape index (κ3) is 5.07. The van der Waals surface area contributed by atoms with Crippen molar-refractivity contribution in [1.82, 2.24) is 0 Å². The van der Waals surface area contributed by atoms with Gasteiger partial charge in [-0.15, -0.1) is 0 Å². The maximum atomic E-state index is 11.8. The first-order chi connectivity index (χ1) is 4.84. The molecule has 0 bridgehead atoms. The van der Waals surface area contributed by atoms with Crippen LogP contribution in [0.3, 0.4) is 0 Å². The van der Waals surface area contributed by atoms with Gasteiger partial charge in [0.25, 0.3) is 0 Å². The van der Waals surface area contributed by atoms with E-state index in [0.29, 0.717) is 0 Å². The Kier molecular flexibility index (Phi) is 3.86. The number of rotatable bonds is 3. The predicted octanol–water partition coefficient (Wildman–Crippen LogP) is 2.61. The Bertz CT molecular complexity index is 109. The molecule has 0 aromatic carbocycles. The molecule has 0 fully saturated rings. The van der Waals surface area contributed by atoms with Gasteiger partial charge in [-0.25, -0.2) is 0 Å². The fraction of sp³-hybridized carbons (Fsp3) is 1.00. The van der Waals surface area contributed by atoms with Gasteiger partial charge in [0.05, 0.1) is 0 Å². The van der Waals surface area contributed by atoms with E-state index in [4.69, 9.17) is 0 Å². The Morgan fingerprint density at radius 2 is 1.64 bits per heavy atom. The van der Waals surface area contributed by atoms with Crippen molar-refractivity contribution in [2.24, 2.45) is 5.92 Å². The topological polar surface area (TPSA) is 9.23 Å². The van der Waals surface area contributed by atoms with E-state index in [1.165, 1.54) is 0 Å². The monoisotopic (exact) mass is 170 g/mol. The minimum absolute atomic E-state index is 0.139. The zero-order valence-corrected chi connectivity index (χ0v) is 6.90. The van der Waals surface area contributed by atoms with E-state index >= 15 is 0 Å². The second-order valence-electron chi connectivity index (χ2n) is 2.91. The summed E-state index contributed by atoms with van der Waals surface area (Å²) in [5.74, 6) is 0.139. The summed E-state index contributed by atoms with van der Waals surface area (Å²) in [4.78, 5) is 0. The van der Waals surface area contributed by atoms with Crippen molar-refractivity contribution in [1.29, 1.82) is 0 Å². The van der Waals surface area contributed by atoms with Gasteiger partial charge in [0.2, 0.25) is 0 Å². The standard InChI is InChI=1S/C7H13F3O/c1-5(2)4-11-6(3)7(8,9)10/h5-6H,4H2,1-3H3/t6-/m0/s1. The zero-order valence-electron chi connectivity index (χ0n) is 6.90. The second-order valence-corrected chi connectivity index (χ2v) is 2.91. The molecule has 0 aliphatic rings. The molecule has 0 aromatic rings. The second kappa shape index (κ2) is 3.95. The third-order valence-electron chi connectivity index (χ3n) is 1.14. The van der Waals surface area contributed by atoms with Crippen LogP contribution in [0.2, 0.25) is 0 Å². The smallest absolute Gasteiger partial charge is 0.369 e. The quantitative estimate of drug-likeness (QED) is 0.632. The summed E-state index contributed by atoms with van der Waals surface area (Å²) in [5, 5.41) is 0. The maximum absolute atomic E-state index is 11.8. The van der Waals surface area contributed by atoms with Crippen LogP contribution in [0.1, 0.15) is 20.8 Å². The van der Waals surface area contributed by atoms with Crippen molar-refractivity contribution in [3.63, 3.8) is 0 Å². The highest BCUT2D eigenvalue weighted by molar-refractivity contribution is 4.60. The summed E-state index contributed by atoms with van der Waals surface area (Å²) < 4.78 is 39.9. The van der Waals surface area contributed by atoms with Gasteiger partial charge in [0.15, 0.2) is 6.10 Å². The van der Waals surface area contributed by atoms with Gasteiger partial charge in [-0.2, -0.15) is 13.2 Å². The van der Waals surface area contributed by atoms with Gasteiger partial charge in [-0.05, 0) is 12.8 Å². The molecule has 0 amide bonds. The lowest BCUT2D eigenvalue weighted by atomic mass is 10.2. The van der Waals surface area contributed by atoms with Gasteiger partial charge in [-0.3, -0.25) is 0 Å². The van der Waals surface area contributed by atoms with Crippen LogP contribution in [0.5, 0.6) is 0 Å². The first-order valence-corrected chi connectivity index (χ1v) is 3.52. The minimum Gasteiger partial charge on any atom is -0.369 e. The Balaban J connectivity index is 3.61. The van der Waals surface area contributed by atoms with Crippen LogP contribution in [-0.4, -0.2) is 18.9 Å². The molecular weight excluding hydrogens is 157 g/mol. The van der Waals surface area contributed by atoms with E-state index < -0.39 is 12.3 Å². The van der Waals surface area contributed by atoms with Crippen molar-refractivity contribution in [2.75, 3.05) is 6.61 Å². The van der Waals surface area contributed by atoms with Crippen molar-refractivity contribution < 1.29 is 17.9 Å². The SMILES string of the molecule is CC(C)CO[C@@H](C)C(F)(F)F. The average Bonchev–Trinajstić information content (AvgIpc) is 1.80. The highest BCUT2D eigenvalue weighted by Gasteiger charge is 2.36. The van der Waals surface area contributed by atoms with Crippen molar-refractivity contribution in [3.8, 4) is 0 Å². The third-order valence-corrected chi connectivity index (χ3v) is 1.14. The summed E-state index contributed by atoms with van der Waals surface area (Å²) >= 11 is 0. The number of ether oxygens (including phenoxy) is 1. The molecule has 1 atom stereocenters. The summed E-state index contributed by atoms with van der Waals surface area (Å²) in [6.45, 7) is 4.79. The molecule has 0 aromatic heterocycles. The molecule has 0 saturated carbocycles. The van der Waals surface area contributed by atoms with Crippen molar-refractivity contribution >= 4 is 0 Å². The Morgan fingerprint density at radius 3 is 1.91 bits per heavy atom. The number of halogens is 3. The highest BCUT2D eigenvalue weighted by atomic mass is 19.4. The fourth-order valence-corrected chi connectivity index (χ4v) is 0.431. The molecule has 0 N–H and O–H groups in total. The van der Waals surface area contributed by atoms with Crippen LogP contribution in [0.4, 0.5) is 13.2 Å². The van der Waals surface area contributed by atoms with Crippen molar-refractivity contribution in [3.05, 3.63) is 0 Å². The van der Waals surface area contributed by atoms with E-state index in [1.54, 1.807) is 0 Å². The van der Waals surface area contributed by atoms with Gasteiger partial charge in [0, 0.05) is 6.61 Å². The average molecular weight is 170 g/mol. The van der Waals surface area contributed by atoms with Crippen LogP contribution in [0.25, 0.3) is 0 Å². The lowest BCUT2D eigenvalue weighted by Crippen LogP contribution is -2.29. The van der Waals surface area contributed by atoms with Crippen molar-refractivity contribution in [2.45, 2.75) is 33.1 Å². The first-order valence-electron chi connectivity index (χ1n) is 3.52. The van der Waals surface area contributed by atoms with E-state index in [2.05, 4.69) is 4.74 Å². The largest absolute Gasteiger partial charge is 0.414 e. The highest BCUT2D eigenvalue weighted by Crippen LogP contribution is 2.22. The first kappa shape index (κ1) is 10.8. The van der Waals surface area contributed by atoms with Crippen LogP contribution in [-0.2, 0) is 4.74 Å². The molecule has 1 nitrogen and oxygen atoms in total.